The van der Waals surface area contributed by atoms with Crippen LogP contribution in [0.3, 0.4) is 0 Å². The van der Waals surface area contributed by atoms with Gasteiger partial charge in [-0.05, 0) is 0 Å². The van der Waals surface area contributed by atoms with Gasteiger partial charge in [-0.25, -0.2) is 0 Å². The van der Waals surface area contributed by atoms with Gasteiger partial charge in [0.2, 0.25) is 5.95 Å². The van der Waals surface area contributed by atoms with Crippen molar-refractivity contribution in [3.63, 3.8) is 0 Å². The summed E-state index contributed by atoms with van der Waals surface area (Å²) in [7, 11) is 3.62. The van der Waals surface area contributed by atoms with Crippen molar-refractivity contribution < 1.29 is 0 Å². The first-order valence-electron chi connectivity index (χ1n) is 4.75. The van der Waals surface area contributed by atoms with Crippen LogP contribution in [0.1, 0.15) is 0 Å². The highest BCUT2D eigenvalue weighted by Gasteiger charge is 2.02. The molecular weight excluding hydrogens is 206 g/mol. The lowest BCUT2D eigenvalue weighted by Gasteiger charge is -2.05. The van der Waals surface area contributed by atoms with Crippen LogP contribution in [0.25, 0.3) is 0 Å². The summed E-state index contributed by atoms with van der Waals surface area (Å²) >= 11 is 0. The fourth-order valence-electron chi connectivity index (χ4n) is 1.29. The Balaban J connectivity index is 2.24. The molecule has 0 atom stereocenters. The predicted molar refractivity (Wildman–Crippen MR) is 62.5 cm³/mol. The fraction of sp³-hybridized carbons (Fsp3) is 0.222. The van der Waals surface area contributed by atoms with E-state index >= 15 is 0 Å². The topological polar surface area (TPSA) is 93.7 Å². The standard InChI is InChI=1S/C9H13N7/c1-11-7-3-8(15-9(10)14-7)13-6-4-12-16(2)5-6/h3-5H,1-2H3,(H4,10,11,13,14,15). The number of aryl methyl sites for hydroxylation is 1. The van der Waals surface area contributed by atoms with E-state index in [1.54, 1.807) is 24.0 Å². The summed E-state index contributed by atoms with van der Waals surface area (Å²) in [4.78, 5) is 8.06. The van der Waals surface area contributed by atoms with Crippen molar-refractivity contribution in [2.45, 2.75) is 0 Å². The maximum atomic E-state index is 5.57. The van der Waals surface area contributed by atoms with Crippen molar-refractivity contribution in [1.82, 2.24) is 19.7 Å². The van der Waals surface area contributed by atoms with Gasteiger partial charge in [-0.2, -0.15) is 15.1 Å². The molecule has 2 aromatic rings. The number of hydrogen-bond donors (Lipinski definition) is 3. The van der Waals surface area contributed by atoms with E-state index in [1.165, 1.54) is 0 Å². The smallest absolute Gasteiger partial charge is 0.223 e. The highest BCUT2D eigenvalue weighted by atomic mass is 15.3. The van der Waals surface area contributed by atoms with Gasteiger partial charge < -0.3 is 16.4 Å². The maximum Gasteiger partial charge on any atom is 0.223 e. The molecule has 0 saturated heterocycles. The van der Waals surface area contributed by atoms with Crippen LogP contribution in [0.2, 0.25) is 0 Å². The second-order valence-corrected chi connectivity index (χ2v) is 3.27. The van der Waals surface area contributed by atoms with Crippen LogP contribution in [0.4, 0.5) is 23.3 Å². The zero-order valence-corrected chi connectivity index (χ0v) is 9.10. The molecule has 0 aliphatic carbocycles. The van der Waals surface area contributed by atoms with E-state index in [1.807, 2.05) is 13.2 Å². The molecule has 0 bridgehead atoms. The maximum absolute atomic E-state index is 5.57. The third-order valence-corrected chi connectivity index (χ3v) is 1.98. The Morgan fingerprint density at radius 1 is 1.31 bits per heavy atom. The average molecular weight is 219 g/mol. The highest BCUT2D eigenvalue weighted by Crippen LogP contribution is 2.16. The molecule has 2 heterocycles. The number of nitrogens with one attached hydrogen (secondary N) is 2. The minimum Gasteiger partial charge on any atom is -0.373 e. The van der Waals surface area contributed by atoms with Crippen LogP contribution in [-0.4, -0.2) is 26.8 Å². The monoisotopic (exact) mass is 219 g/mol. The Hall–Kier alpha value is -2.31. The van der Waals surface area contributed by atoms with Crippen molar-refractivity contribution >= 4 is 23.3 Å². The van der Waals surface area contributed by atoms with E-state index in [2.05, 4.69) is 25.7 Å². The first-order chi connectivity index (χ1) is 7.67. The summed E-state index contributed by atoms with van der Waals surface area (Å²) in [5.74, 6) is 1.52. The lowest BCUT2D eigenvalue weighted by Crippen LogP contribution is -2.03. The minimum atomic E-state index is 0.221. The third kappa shape index (κ3) is 2.19. The Labute approximate surface area is 92.7 Å². The molecule has 0 unspecified atom stereocenters. The quantitative estimate of drug-likeness (QED) is 0.699. The van der Waals surface area contributed by atoms with Gasteiger partial charge in [0.1, 0.15) is 11.6 Å². The summed E-state index contributed by atoms with van der Waals surface area (Å²) in [5, 5.41) is 10.0. The van der Waals surface area contributed by atoms with Crippen molar-refractivity contribution in [2.75, 3.05) is 23.4 Å². The number of anilines is 4. The average Bonchev–Trinajstić information content (AvgIpc) is 2.63. The van der Waals surface area contributed by atoms with E-state index in [4.69, 9.17) is 5.73 Å². The molecule has 4 N–H and O–H groups in total. The number of nitrogens with zero attached hydrogens (tertiary/aromatic N) is 4. The highest BCUT2D eigenvalue weighted by molar-refractivity contribution is 5.59. The van der Waals surface area contributed by atoms with Gasteiger partial charge >= 0.3 is 0 Å². The van der Waals surface area contributed by atoms with Crippen molar-refractivity contribution in [3.05, 3.63) is 18.5 Å². The van der Waals surface area contributed by atoms with Crippen LogP contribution in [0.15, 0.2) is 18.5 Å². The largest absolute Gasteiger partial charge is 0.373 e. The molecule has 0 saturated carbocycles. The number of nitrogen functional groups attached to an aromatic ring is 1. The first kappa shape index (κ1) is 10.2. The third-order valence-electron chi connectivity index (χ3n) is 1.98. The number of nitrogens with two attached hydrogens (primary N) is 1. The van der Waals surface area contributed by atoms with E-state index in [0.717, 1.165) is 5.69 Å². The summed E-state index contributed by atoms with van der Waals surface area (Å²) < 4.78 is 1.70. The molecule has 0 radical (unpaired) electrons. The molecule has 0 spiro atoms. The molecule has 0 amide bonds. The molecule has 84 valence electrons. The number of rotatable bonds is 3. The number of hydrogen-bond acceptors (Lipinski definition) is 6. The van der Waals surface area contributed by atoms with Crippen LogP contribution in [0, 0.1) is 0 Å². The molecule has 0 aliphatic heterocycles. The summed E-state index contributed by atoms with van der Waals surface area (Å²) in [6.07, 6.45) is 3.55. The first-order valence-corrected chi connectivity index (χ1v) is 4.75. The van der Waals surface area contributed by atoms with E-state index in [9.17, 15) is 0 Å². The van der Waals surface area contributed by atoms with Gasteiger partial charge in [-0.15, -0.1) is 0 Å². The zero-order chi connectivity index (χ0) is 11.5. The van der Waals surface area contributed by atoms with E-state index < -0.39 is 0 Å². The Bertz CT molecular complexity index is 490. The Morgan fingerprint density at radius 2 is 2.06 bits per heavy atom. The summed E-state index contributed by atoms with van der Waals surface area (Å²) in [5.41, 5.74) is 6.42. The van der Waals surface area contributed by atoms with Gasteiger partial charge in [-0.1, -0.05) is 0 Å². The van der Waals surface area contributed by atoms with Gasteiger partial charge in [-0.3, -0.25) is 4.68 Å². The van der Waals surface area contributed by atoms with Gasteiger partial charge in [0.15, 0.2) is 0 Å². The molecule has 7 nitrogen and oxygen atoms in total. The van der Waals surface area contributed by atoms with Gasteiger partial charge in [0.05, 0.1) is 11.9 Å². The van der Waals surface area contributed by atoms with E-state index in [0.29, 0.717) is 11.6 Å². The second kappa shape index (κ2) is 4.05. The Morgan fingerprint density at radius 3 is 2.69 bits per heavy atom. The zero-order valence-electron chi connectivity index (χ0n) is 9.10. The molecule has 0 fully saturated rings. The van der Waals surface area contributed by atoms with Crippen molar-refractivity contribution in [2.24, 2.45) is 7.05 Å². The summed E-state index contributed by atoms with van der Waals surface area (Å²) in [6.45, 7) is 0. The second-order valence-electron chi connectivity index (χ2n) is 3.27. The van der Waals surface area contributed by atoms with Crippen molar-refractivity contribution in [3.8, 4) is 0 Å². The number of aromatic nitrogens is 4. The molecule has 2 rings (SSSR count). The van der Waals surface area contributed by atoms with Gasteiger partial charge in [0.25, 0.3) is 0 Å². The molecule has 7 heteroatoms. The van der Waals surface area contributed by atoms with Crippen LogP contribution in [-0.2, 0) is 7.05 Å². The van der Waals surface area contributed by atoms with Crippen LogP contribution >= 0.6 is 0 Å². The summed E-state index contributed by atoms with van der Waals surface area (Å²) in [6, 6.07) is 1.77. The van der Waals surface area contributed by atoms with E-state index in [-0.39, 0.29) is 5.95 Å². The SMILES string of the molecule is CNc1cc(Nc2cnn(C)c2)nc(N)n1. The van der Waals surface area contributed by atoms with Crippen LogP contribution in [0.5, 0.6) is 0 Å². The Kier molecular flexibility index (Phi) is 2.59. The molecule has 2 aromatic heterocycles. The lowest BCUT2D eigenvalue weighted by atomic mass is 10.5. The normalized spacial score (nSPS) is 10.1. The van der Waals surface area contributed by atoms with Gasteiger partial charge in [0, 0.05) is 26.4 Å². The molecule has 0 aromatic carbocycles. The van der Waals surface area contributed by atoms with Crippen LogP contribution < -0.4 is 16.4 Å². The van der Waals surface area contributed by atoms with Crippen molar-refractivity contribution in [1.29, 1.82) is 0 Å². The fourth-order valence-corrected chi connectivity index (χ4v) is 1.29. The molecular formula is C9H13N7. The lowest BCUT2D eigenvalue weighted by molar-refractivity contribution is 0.768. The molecule has 16 heavy (non-hydrogen) atoms. The molecule has 0 aliphatic rings. The minimum absolute atomic E-state index is 0.221. The predicted octanol–water partition coefficient (Wildman–Crippen LogP) is 0.578.